The average molecular weight is 433 g/mol. The highest BCUT2D eigenvalue weighted by Crippen LogP contribution is 2.25. The molecule has 2 heterocycles. The Kier molecular flexibility index (Phi) is 6.36. The van der Waals surface area contributed by atoms with Gasteiger partial charge >= 0.3 is 5.97 Å². The number of carbonyl (C=O) groups is 2. The van der Waals surface area contributed by atoms with Crippen molar-refractivity contribution in [3.63, 3.8) is 0 Å². The second-order valence-electron chi connectivity index (χ2n) is 7.98. The molecule has 162 valence electrons. The third-order valence-corrected chi connectivity index (χ3v) is 7.17. The van der Waals surface area contributed by atoms with Crippen LogP contribution >= 0.6 is 0 Å². The average Bonchev–Trinajstić information content (AvgIpc) is 3.19. The van der Waals surface area contributed by atoms with Gasteiger partial charge in [0.1, 0.15) is 0 Å². The number of esters is 1. The lowest BCUT2D eigenvalue weighted by Gasteiger charge is -2.28. The molecule has 8 heteroatoms. The number of benzene rings is 1. The molecule has 0 bridgehead atoms. The van der Waals surface area contributed by atoms with E-state index in [9.17, 15) is 18.0 Å². The molecule has 0 radical (unpaired) electrons. The van der Waals surface area contributed by atoms with Crippen molar-refractivity contribution >= 4 is 27.4 Å². The Morgan fingerprint density at radius 2 is 1.87 bits per heavy atom. The van der Waals surface area contributed by atoms with Crippen LogP contribution in [-0.4, -0.2) is 49.0 Å². The quantitative estimate of drug-likeness (QED) is 0.655. The molecule has 30 heavy (non-hydrogen) atoms. The SMILES string of the molecule is Cc1cc(C(=O)OCC(=O)N(c2ccccc2)C2CCS(=O)(=O)C2)c(C)n1C(C)C. The number of hydrogen-bond acceptors (Lipinski definition) is 5. The van der Waals surface area contributed by atoms with Gasteiger partial charge in [-0.1, -0.05) is 18.2 Å². The fourth-order valence-corrected chi connectivity index (χ4v) is 5.88. The standard InChI is InChI=1S/C22H28N2O5S/c1-15(2)23-16(3)12-20(17(23)4)22(26)29-13-21(25)24(18-8-6-5-7-9-18)19-10-11-30(27,28)14-19/h5-9,12,15,19H,10-11,13-14H2,1-4H3. The van der Waals surface area contributed by atoms with Gasteiger partial charge in [0.05, 0.1) is 23.1 Å². The van der Waals surface area contributed by atoms with Gasteiger partial charge in [0, 0.05) is 23.1 Å². The number of ether oxygens (including phenoxy) is 1. The summed E-state index contributed by atoms with van der Waals surface area (Å²) in [5, 5.41) is 0. The number of nitrogens with zero attached hydrogens (tertiary/aromatic N) is 2. The summed E-state index contributed by atoms with van der Waals surface area (Å²) < 4.78 is 31.3. The Hall–Kier alpha value is -2.61. The molecule has 7 nitrogen and oxygen atoms in total. The third kappa shape index (κ3) is 4.59. The van der Waals surface area contributed by atoms with E-state index in [1.807, 2.05) is 38.3 Å². The molecule has 1 aliphatic heterocycles. The zero-order chi connectivity index (χ0) is 22.1. The predicted octanol–water partition coefficient (Wildman–Crippen LogP) is 3.06. The van der Waals surface area contributed by atoms with Gasteiger partial charge in [-0.3, -0.25) is 4.79 Å². The molecule has 1 amide bonds. The van der Waals surface area contributed by atoms with Crippen LogP contribution in [-0.2, 0) is 19.4 Å². The van der Waals surface area contributed by atoms with Gasteiger partial charge in [-0.05, 0) is 52.3 Å². The number of aryl methyl sites for hydroxylation is 1. The fourth-order valence-electron chi connectivity index (χ4n) is 4.18. The smallest absolute Gasteiger partial charge is 0.340 e. The lowest BCUT2D eigenvalue weighted by molar-refractivity contribution is -0.122. The summed E-state index contributed by atoms with van der Waals surface area (Å²) in [4.78, 5) is 27.1. The Morgan fingerprint density at radius 3 is 2.40 bits per heavy atom. The van der Waals surface area contributed by atoms with E-state index in [4.69, 9.17) is 4.74 Å². The molecule has 1 aliphatic rings. The van der Waals surface area contributed by atoms with Crippen LogP contribution in [0.2, 0.25) is 0 Å². The molecule has 1 unspecified atom stereocenters. The van der Waals surface area contributed by atoms with Gasteiger partial charge in [-0.2, -0.15) is 0 Å². The summed E-state index contributed by atoms with van der Waals surface area (Å²) in [6.07, 6.45) is 0.368. The van der Waals surface area contributed by atoms with E-state index in [1.54, 1.807) is 30.3 Å². The Labute approximate surface area is 177 Å². The van der Waals surface area contributed by atoms with Crippen molar-refractivity contribution in [1.29, 1.82) is 0 Å². The van der Waals surface area contributed by atoms with Gasteiger partial charge < -0.3 is 14.2 Å². The zero-order valence-electron chi connectivity index (χ0n) is 17.8. The van der Waals surface area contributed by atoms with Crippen LogP contribution in [0.4, 0.5) is 5.69 Å². The predicted molar refractivity (Wildman–Crippen MR) is 116 cm³/mol. The molecule has 1 aromatic heterocycles. The molecular weight excluding hydrogens is 404 g/mol. The van der Waals surface area contributed by atoms with E-state index >= 15 is 0 Å². The van der Waals surface area contributed by atoms with Crippen molar-refractivity contribution < 1.29 is 22.7 Å². The highest BCUT2D eigenvalue weighted by Gasteiger charge is 2.36. The van der Waals surface area contributed by atoms with Crippen molar-refractivity contribution in [1.82, 2.24) is 4.57 Å². The monoisotopic (exact) mass is 432 g/mol. The number of rotatable bonds is 6. The van der Waals surface area contributed by atoms with Crippen molar-refractivity contribution in [2.45, 2.75) is 46.2 Å². The molecule has 2 aromatic rings. The van der Waals surface area contributed by atoms with E-state index in [0.717, 1.165) is 11.4 Å². The summed E-state index contributed by atoms with van der Waals surface area (Å²) >= 11 is 0. The third-order valence-electron chi connectivity index (χ3n) is 5.42. The first-order valence-corrected chi connectivity index (χ1v) is 11.9. The minimum Gasteiger partial charge on any atom is -0.452 e. The van der Waals surface area contributed by atoms with Crippen molar-refractivity contribution in [3.05, 3.63) is 53.3 Å². The van der Waals surface area contributed by atoms with Crippen LogP contribution in [0.15, 0.2) is 36.4 Å². The number of carbonyl (C=O) groups excluding carboxylic acids is 2. The number of anilines is 1. The fraction of sp³-hybridized carbons (Fsp3) is 0.455. The van der Waals surface area contributed by atoms with Crippen molar-refractivity contribution in [2.24, 2.45) is 0 Å². The summed E-state index contributed by atoms with van der Waals surface area (Å²) in [6, 6.07) is 10.4. The number of para-hydroxylation sites is 1. The molecule has 3 rings (SSSR count). The van der Waals surface area contributed by atoms with Gasteiger partial charge in [0.15, 0.2) is 16.4 Å². The first-order chi connectivity index (χ1) is 14.1. The molecule has 1 atom stereocenters. The first kappa shape index (κ1) is 22.1. The second-order valence-corrected chi connectivity index (χ2v) is 10.2. The van der Waals surface area contributed by atoms with Crippen LogP contribution in [0.3, 0.4) is 0 Å². The Balaban J connectivity index is 1.77. The summed E-state index contributed by atoms with van der Waals surface area (Å²) in [5.74, 6) is -1.03. The van der Waals surface area contributed by atoms with E-state index in [-0.39, 0.29) is 17.5 Å². The topological polar surface area (TPSA) is 85.7 Å². The summed E-state index contributed by atoms with van der Waals surface area (Å²) in [6.45, 7) is 7.39. The maximum atomic E-state index is 13.0. The first-order valence-electron chi connectivity index (χ1n) is 10.0. The molecule has 1 fully saturated rings. The Bertz CT molecular complexity index is 1040. The highest BCUT2D eigenvalue weighted by atomic mass is 32.2. The van der Waals surface area contributed by atoms with Gasteiger partial charge in [0.2, 0.25) is 0 Å². The van der Waals surface area contributed by atoms with Crippen LogP contribution in [0, 0.1) is 13.8 Å². The largest absolute Gasteiger partial charge is 0.452 e. The van der Waals surface area contributed by atoms with Gasteiger partial charge in [-0.25, -0.2) is 13.2 Å². The van der Waals surface area contributed by atoms with Crippen LogP contribution in [0.25, 0.3) is 0 Å². The molecule has 0 N–H and O–H groups in total. The minimum atomic E-state index is -3.18. The minimum absolute atomic E-state index is 0.0509. The molecule has 0 aliphatic carbocycles. The van der Waals surface area contributed by atoms with E-state index in [1.165, 1.54) is 4.90 Å². The number of aromatic nitrogens is 1. The van der Waals surface area contributed by atoms with E-state index in [2.05, 4.69) is 0 Å². The number of hydrogen-bond donors (Lipinski definition) is 0. The molecule has 0 saturated carbocycles. The molecule has 1 aromatic carbocycles. The van der Waals surface area contributed by atoms with Gasteiger partial charge in [-0.15, -0.1) is 0 Å². The highest BCUT2D eigenvalue weighted by molar-refractivity contribution is 7.91. The molecular formula is C22H28N2O5S. The summed E-state index contributed by atoms with van der Waals surface area (Å²) in [5.41, 5.74) is 2.77. The van der Waals surface area contributed by atoms with Crippen LogP contribution in [0.1, 0.15) is 48.1 Å². The number of sulfone groups is 1. The normalized spacial score (nSPS) is 17.8. The van der Waals surface area contributed by atoms with Crippen molar-refractivity contribution in [3.8, 4) is 0 Å². The molecule has 1 saturated heterocycles. The lowest BCUT2D eigenvalue weighted by Crippen LogP contribution is -2.43. The lowest BCUT2D eigenvalue weighted by atomic mass is 10.2. The van der Waals surface area contributed by atoms with E-state index < -0.39 is 34.4 Å². The van der Waals surface area contributed by atoms with Crippen molar-refractivity contribution in [2.75, 3.05) is 23.0 Å². The zero-order valence-corrected chi connectivity index (χ0v) is 18.6. The van der Waals surface area contributed by atoms with E-state index in [0.29, 0.717) is 17.7 Å². The van der Waals surface area contributed by atoms with Gasteiger partial charge in [0.25, 0.3) is 5.91 Å². The Morgan fingerprint density at radius 1 is 1.20 bits per heavy atom. The van der Waals surface area contributed by atoms with Crippen LogP contribution < -0.4 is 4.90 Å². The maximum absolute atomic E-state index is 13.0. The number of amides is 1. The maximum Gasteiger partial charge on any atom is 0.340 e. The van der Waals surface area contributed by atoms with Crippen LogP contribution in [0.5, 0.6) is 0 Å². The summed E-state index contributed by atoms with van der Waals surface area (Å²) in [7, 11) is -3.18. The second kappa shape index (κ2) is 8.63. The molecule has 0 spiro atoms.